The fourth-order valence-corrected chi connectivity index (χ4v) is 0.863. The molecule has 0 atom stereocenters. The molecule has 1 rings (SSSR count). The molecule has 11 heavy (non-hydrogen) atoms. The molecule has 0 aromatic heterocycles. The predicted molar refractivity (Wildman–Crippen MR) is 43.2 cm³/mol. The van der Waals surface area contributed by atoms with Crippen LogP contribution in [0, 0.1) is 6.42 Å². The van der Waals surface area contributed by atoms with E-state index in [1.165, 1.54) is 0 Å². The smallest absolute Gasteiger partial charge is 0.115 e. The van der Waals surface area contributed by atoms with Gasteiger partial charge in [0.05, 0.1) is 0 Å². The summed E-state index contributed by atoms with van der Waals surface area (Å²) in [6.07, 6.45) is 2.52. The largest absolute Gasteiger partial charge is 0.508 e. The fraction of sp³-hybridized carbons (Fsp3) is 0.222. The molecular weight excluding hydrogens is 140 g/mol. The Labute approximate surface area is 66.1 Å². The third kappa shape index (κ3) is 2.60. The Balaban J connectivity index is 2.52. The van der Waals surface area contributed by atoms with Gasteiger partial charge in [0, 0.05) is 6.61 Å². The summed E-state index contributed by atoms with van der Waals surface area (Å²) >= 11 is 0. The van der Waals surface area contributed by atoms with Crippen LogP contribution in [0.15, 0.2) is 24.3 Å². The summed E-state index contributed by atoms with van der Waals surface area (Å²) in [6.45, 7) is 0.0981. The Morgan fingerprint density at radius 2 is 1.82 bits per heavy atom. The van der Waals surface area contributed by atoms with Crippen LogP contribution in [0.25, 0.3) is 0 Å². The lowest BCUT2D eigenvalue weighted by molar-refractivity contribution is 0.325. The minimum Gasteiger partial charge on any atom is -0.508 e. The Morgan fingerprint density at radius 1 is 1.18 bits per heavy atom. The van der Waals surface area contributed by atoms with Crippen LogP contribution in [0.1, 0.15) is 5.56 Å². The van der Waals surface area contributed by atoms with Gasteiger partial charge in [-0.3, -0.25) is 0 Å². The summed E-state index contributed by atoms with van der Waals surface area (Å²) in [7, 11) is 0. The van der Waals surface area contributed by atoms with E-state index in [4.69, 9.17) is 10.2 Å². The van der Waals surface area contributed by atoms with Gasteiger partial charge in [-0.25, -0.2) is 0 Å². The molecule has 2 nitrogen and oxygen atoms in total. The van der Waals surface area contributed by atoms with Gasteiger partial charge in [0.1, 0.15) is 5.75 Å². The van der Waals surface area contributed by atoms with Crippen LogP contribution in [0.4, 0.5) is 0 Å². The van der Waals surface area contributed by atoms with Crippen LogP contribution in [0.5, 0.6) is 5.75 Å². The molecule has 0 aliphatic rings. The van der Waals surface area contributed by atoms with Gasteiger partial charge < -0.3 is 10.2 Å². The third-order valence-electron chi connectivity index (χ3n) is 1.45. The molecule has 1 aromatic carbocycles. The maximum Gasteiger partial charge on any atom is 0.115 e. The number of aliphatic hydroxyl groups excluding tert-OH is 1. The first-order valence-corrected chi connectivity index (χ1v) is 3.53. The molecule has 2 heteroatoms. The second-order valence-electron chi connectivity index (χ2n) is 2.34. The molecule has 0 spiro atoms. The zero-order valence-corrected chi connectivity index (χ0v) is 6.20. The van der Waals surface area contributed by atoms with Crippen molar-refractivity contribution in [2.45, 2.75) is 6.42 Å². The summed E-state index contributed by atoms with van der Waals surface area (Å²) in [5.74, 6) is 0.276. The van der Waals surface area contributed by atoms with Crippen LogP contribution < -0.4 is 0 Å². The maximum absolute atomic E-state index is 8.92. The number of phenols is 1. The molecule has 0 heterocycles. The van der Waals surface area contributed by atoms with Crippen molar-refractivity contribution in [3.63, 3.8) is 0 Å². The van der Waals surface area contributed by atoms with E-state index in [0.717, 1.165) is 12.0 Å². The van der Waals surface area contributed by atoms with E-state index < -0.39 is 0 Å². The van der Waals surface area contributed by atoms with Crippen molar-refractivity contribution in [1.29, 1.82) is 0 Å². The van der Waals surface area contributed by atoms with Gasteiger partial charge in [-0.05, 0) is 30.5 Å². The number of benzene rings is 1. The Morgan fingerprint density at radius 3 is 2.36 bits per heavy atom. The average Bonchev–Trinajstić information content (AvgIpc) is 2.04. The monoisotopic (exact) mass is 151 g/mol. The third-order valence-corrected chi connectivity index (χ3v) is 1.45. The van der Waals surface area contributed by atoms with E-state index in [0.29, 0.717) is 0 Å². The minimum absolute atomic E-state index is 0.0981. The molecule has 0 unspecified atom stereocenters. The summed E-state index contributed by atoms with van der Waals surface area (Å²) in [5, 5.41) is 17.4. The predicted octanol–water partition coefficient (Wildman–Crippen LogP) is 1.13. The first-order valence-electron chi connectivity index (χ1n) is 3.53. The first-order chi connectivity index (χ1) is 5.33. The van der Waals surface area contributed by atoms with Crippen LogP contribution in [-0.4, -0.2) is 16.8 Å². The lowest BCUT2D eigenvalue weighted by atomic mass is 10.1. The van der Waals surface area contributed by atoms with Crippen LogP contribution in [0.2, 0.25) is 0 Å². The molecule has 1 radical (unpaired) electrons. The van der Waals surface area contributed by atoms with Crippen LogP contribution in [-0.2, 0) is 6.42 Å². The standard InChI is InChI=1S/C9H11O2/c10-7-1-2-8-3-5-9(11)6-4-8/h1,3-6,10-11H,2,7H2. The van der Waals surface area contributed by atoms with Gasteiger partial charge in [0.25, 0.3) is 0 Å². The topological polar surface area (TPSA) is 40.5 Å². The van der Waals surface area contributed by atoms with E-state index in [1.807, 2.05) is 12.1 Å². The zero-order chi connectivity index (χ0) is 8.10. The minimum atomic E-state index is 0.0981. The molecule has 1 aromatic rings. The molecule has 0 aliphatic carbocycles. The van der Waals surface area contributed by atoms with Gasteiger partial charge in [0.15, 0.2) is 0 Å². The summed E-state index contributed by atoms with van der Waals surface area (Å²) in [6, 6.07) is 6.95. The molecule has 0 bridgehead atoms. The Kier molecular flexibility index (Phi) is 2.93. The first kappa shape index (κ1) is 8.08. The normalized spacial score (nSPS) is 9.91. The molecule has 0 fully saturated rings. The molecule has 2 N–H and O–H groups in total. The number of phenolic OH excluding ortho intramolecular Hbond substituents is 1. The quantitative estimate of drug-likeness (QED) is 0.679. The van der Waals surface area contributed by atoms with Gasteiger partial charge in [-0.15, -0.1) is 0 Å². The van der Waals surface area contributed by atoms with Gasteiger partial charge in [-0.2, -0.15) is 0 Å². The molecule has 0 amide bonds. The number of aromatic hydroxyl groups is 1. The van der Waals surface area contributed by atoms with E-state index in [2.05, 4.69) is 0 Å². The number of hydrogen-bond donors (Lipinski definition) is 2. The van der Waals surface area contributed by atoms with E-state index in [1.54, 1.807) is 18.6 Å². The van der Waals surface area contributed by atoms with Crippen molar-refractivity contribution in [2.24, 2.45) is 0 Å². The fourth-order valence-electron chi connectivity index (χ4n) is 0.863. The lowest BCUT2D eigenvalue weighted by Crippen LogP contribution is -1.89. The highest BCUT2D eigenvalue weighted by molar-refractivity contribution is 5.26. The molecule has 0 saturated heterocycles. The molecule has 0 saturated carbocycles. The Bertz CT molecular complexity index is 203. The van der Waals surface area contributed by atoms with Gasteiger partial charge in [-0.1, -0.05) is 12.1 Å². The van der Waals surface area contributed by atoms with Crippen LogP contribution >= 0.6 is 0 Å². The van der Waals surface area contributed by atoms with E-state index in [-0.39, 0.29) is 12.4 Å². The molecular formula is C9H11O2. The van der Waals surface area contributed by atoms with Crippen molar-refractivity contribution in [2.75, 3.05) is 6.61 Å². The number of rotatable bonds is 3. The molecule has 0 aliphatic heterocycles. The van der Waals surface area contributed by atoms with Crippen molar-refractivity contribution in [3.8, 4) is 5.75 Å². The SMILES string of the molecule is OC[CH]Cc1ccc(O)cc1. The van der Waals surface area contributed by atoms with Gasteiger partial charge in [0.2, 0.25) is 0 Å². The summed E-state index contributed by atoms with van der Waals surface area (Å²) in [5.41, 5.74) is 1.09. The van der Waals surface area contributed by atoms with Crippen molar-refractivity contribution < 1.29 is 10.2 Å². The summed E-state index contributed by atoms with van der Waals surface area (Å²) in [4.78, 5) is 0. The average molecular weight is 151 g/mol. The second kappa shape index (κ2) is 3.98. The molecule has 59 valence electrons. The van der Waals surface area contributed by atoms with E-state index in [9.17, 15) is 0 Å². The number of aliphatic hydroxyl groups is 1. The van der Waals surface area contributed by atoms with Crippen molar-refractivity contribution in [1.82, 2.24) is 0 Å². The van der Waals surface area contributed by atoms with Crippen molar-refractivity contribution in [3.05, 3.63) is 36.2 Å². The highest BCUT2D eigenvalue weighted by Crippen LogP contribution is 2.10. The number of hydrogen-bond acceptors (Lipinski definition) is 2. The Hall–Kier alpha value is -1.02. The highest BCUT2D eigenvalue weighted by atomic mass is 16.3. The van der Waals surface area contributed by atoms with Crippen LogP contribution in [0.3, 0.4) is 0 Å². The zero-order valence-electron chi connectivity index (χ0n) is 6.20. The lowest BCUT2D eigenvalue weighted by Gasteiger charge is -1.97. The van der Waals surface area contributed by atoms with Crippen molar-refractivity contribution >= 4 is 0 Å². The summed E-state index contributed by atoms with van der Waals surface area (Å²) < 4.78 is 0. The second-order valence-corrected chi connectivity index (χ2v) is 2.34. The van der Waals surface area contributed by atoms with E-state index >= 15 is 0 Å². The maximum atomic E-state index is 8.92. The highest BCUT2D eigenvalue weighted by Gasteiger charge is 1.91. The van der Waals surface area contributed by atoms with Gasteiger partial charge >= 0.3 is 0 Å².